The second-order valence-electron chi connectivity index (χ2n) is 3.67. The molecule has 0 amide bonds. The number of benzene rings is 2. The summed E-state index contributed by atoms with van der Waals surface area (Å²) in [5, 5.41) is 10.5. The molecule has 0 unspecified atom stereocenters. The van der Waals surface area contributed by atoms with Gasteiger partial charge in [-0.2, -0.15) is 0 Å². The van der Waals surface area contributed by atoms with Crippen molar-refractivity contribution in [1.29, 1.82) is 0 Å². The molecule has 0 aromatic heterocycles. The molecule has 0 saturated carbocycles. The Bertz CT molecular complexity index is 554. The van der Waals surface area contributed by atoms with Crippen LogP contribution in [-0.4, -0.2) is 4.92 Å². The van der Waals surface area contributed by atoms with Gasteiger partial charge >= 0.3 is 0 Å². The predicted molar refractivity (Wildman–Crippen MR) is 71.6 cm³/mol. The lowest BCUT2D eigenvalue weighted by Gasteiger charge is -2.06. The van der Waals surface area contributed by atoms with Crippen LogP contribution in [0.25, 0.3) is 0 Å². The topological polar surface area (TPSA) is 52.4 Å². The van der Waals surface area contributed by atoms with E-state index in [2.05, 4.69) is 15.9 Å². The highest BCUT2D eigenvalue weighted by Gasteiger charge is 2.04. The second kappa shape index (κ2) is 5.64. The summed E-state index contributed by atoms with van der Waals surface area (Å²) in [6, 6.07) is 13.8. The molecule has 0 bridgehead atoms. The molecule has 5 heteroatoms. The van der Waals surface area contributed by atoms with Gasteiger partial charge in [0.05, 0.1) is 4.92 Å². The second-order valence-corrected chi connectivity index (χ2v) is 4.59. The van der Waals surface area contributed by atoms with Gasteiger partial charge in [0.1, 0.15) is 12.4 Å². The highest BCUT2D eigenvalue weighted by Crippen LogP contribution is 2.19. The number of rotatable bonds is 4. The Kier molecular flexibility index (Phi) is 3.94. The van der Waals surface area contributed by atoms with Crippen LogP contribution >= 0.6 is 15.9 Å². The van der Waals surface area contributed by atoms with Crippen LogP contribution in [0, 0.1) is 10.1 Å². The molecule has 18 heavy (non-hydrogen) atoms. The number of nitro benzene ring substituents is 1. The average Bonchev–Trinajstić information content (AvgIpc) is 2.37. The van der Waals surface area contributed by atoms with Gasteiger partial charge in [-0.3, -0.25) is 10.1 Å². The van der Waals surface area contributed by atoms with Crippen molar-refractivity contribution in [1.82, 2.24) is 0 Å². The maximum Gasteiger partial charge on any atom is 0.269 e. The first-order valence-electron chi connectivity index (χ1n) is 5.27. The van der Waals surface area contributed by atoms with E-state index >= 15 is 0 Å². The lowest BCUT2D eigenvalue weighted by atomic mass is 10.2. The van der Waals surface area contributed by atoms with Crippen LogP contribution in [0.15, 0.2) is 53.0 Å². The zero-order chi connectivity index (χ0) is 13.0. The minimum absolute atomic E-state index is 0.0600. The summed E-state index contributed by atoms with van der Waals surface area (Å²) in [6.07, 6.45) is 0. The van der Waals surface area contributed by atoms with Crippen molar-refractivity contribution in [2.24, 2.45) is 0 Å². The lowest BCUT2D eigenvalue weighted by molar-refractivity contribution is -0.384. The first kappa shape index (κ1) is 12.6. The van der Waals surface area contributed by atoms with Crippen molar-refractivity contribution in [3.05, 3.63) is 68.7 Å². The van der Waals surface area contributed by atoms with E-state index in [0.29, 0.717) is 12.4 Å². The molecule has 0 radical (unpaired) electrons. The zero-order valence-corrected chi connectivity index (χ0v) is 11.0. The van der Waals surface area contributed by atoms with E-state index in [9.17, 15) is 10.1 Å². The molecule has 4 nitrogen and oxygen atoms in total. The average molecular weight is 308 g/mol. The van der Waals surface area contributed by atoms with Crippen LogP contribution in [0.1, 0.15) is 5.56 Å². The molecule has 0 aliphatic rings. The standard InChI is InChI=1S/C13H10BrNO3/c14-11-3-1-2-10(8-11)9-18-13-6-4-12(5-7-13)15(16)17/h1-8H,9H2. The molecule has 0 aliphatic carbocycles. The van der Waals surface area contributed by atoms with E-state index in [-0.39, 0.29) is 5.69 Å². The van der Waals surface area contributed by atoms with E-state index in [4.69, 9.17) is 4.74 Å². The summed E-state index contributed by atoms with van der Waals surface area (Å²) in [5.74, 6) is 0.612. The van der Waals surface area contributed by atoms with Crippen LogP contribution in [0.5, 0.6) is 5.75 Å². The maximum absolute atomic E-state index is 10.5. The van der Waals surface area contributed by atoms with Gasteiger partial charge in [0.15, 0.2) is 0 Å². The van der Waals surface area contributed by atoms with E-state index in [1.54, 1.807) is 12.1 Å². The van der Waals surface area contributed by atoms with Gasteiger partial charge in [-0.15, -0.1) is 0 Å². The summed E-state index contributed by atoms with van der Waals surface area (Å²) in [6.45, 7) is 0.428. The predicted octanol–water partition coefficient (Wildman–Crippen LogP) is 3.94. The summed E-state index contributed by atoms with van der Waals surface area (Å²) in [4.78, 5) is 10.1. The van der Waals surface area contributed by atoms with Crippen LogP contribution in [-0.2, 0) is 6.61 Å². The SMILES string of the molecule is O=[N+]([O-])c1ccc(OCc2cccc(Br)c2)cc1. The number of nitro groups is 1. The van der Waals surface area contributed by atoms with Crippen LogP contribution in [0.3, 0.4) is 0 Å². The van der Waals surface area contributed by atoms with E-state index in [0.717, 1.165) is 10.0 Å². The fourth-order valence-corrected chi connectivity index (χ4v) is 1.90. The van der Waals surface area contributed by atoms with Crippen LogP contribution < -0.4 is 4.74 Å². The van der Waals surface area contributed by atoms with Crippen molar-refractivity contribution >= 4 is 21.6 Å². The number of ether oxygens (including phenoxy) is 1. The Labute approximate surface area is 112 Å². The maximum atomic E-state index is 10.5. The summed E-state index contributed by atoms with van der Waals surface area (Å²) in [5.41, 5.74) is 1.09. The fourth-order valence-electron chi connectivity index (χ4n) is 1.46. The number of non-ortho nitro benzene ring substituents is 1. The third-order valence-electron chi connectivity index (χ3n) is 2.34. The quantitative estimate of drug-likeness (QED) is 0.635. The lowest BCUT2D eigenvalue weighted by Crippen LogP contribution is -1.95. The van der Waals surface area contributed by atoms with Crippen molar-refractivity contribution in [2.45, 2.75) is 6.61 Å². The highest BCUT2D eigenvalue weighted by atomic mass is 79.9. The molecule has 2 aromatic carbocycles. The van der Waals surface area contributed by atoms with Gasteiger partial charge < -0.3 is 4.74 Å². The largest absolute Gasteiger partial charge is 0.489 e. The molecule has 0 fully saturated rings. The molecule has 0 spiro atoms. The van der Waals surface area contributed by atoms with Crippen molar-refractivity contribution < 1.29 is 9.66 Å². The smallest absolute Gasteiger partial charge is 0.269 e. The fraction of sp³-hybridized carbons (Fsp3) is 0.0769. The number of halogens is 1. The molecular formula is C13H10BrNO3. The molecule has 0 N–H and O–H groups in total. The van der Waals surface area contributed by atoms with E-state index < -0.39 is 4.92 Å². The summed E-state index contributed by atoms with van der Waals surface area (Å²) in [7, 11) is 0. The van der Waals surface area contributed by atoms with Crippen molar-refractivity contribution in [2.75, 3.05) is 0 Å². The van der Waals surface area contributed by atoms with E-state index in [1.165, 1.54) is 12.1 Å². The Morgan fingerprint density at radius 3 is 2.50 bits per heavy atom. The number of hydrogen-bond acceptors (Lipinski definition) is 3. The van der Waals surface area contributed by atoms with Gasteiger partial charge in [-0.05, 0) is 29.8 Å². The van der Waals surface area contributed by atoms with Gasteiger partial charge in [0.2, 0.25) is 0 Å². The normalized spacial score (nSPS) is 10.1. The third kappa shape index (κ3) is 3.30. The van der Waals surface area contributed by atoms with Gasteiger partial charge in [-0.25, -0.2) is 0 Å². The molecular weight excluding hydrogens is 298 g/mol. The number of nitrogens with zero attached hydrogens (tertiary/aromatic N) is 1. The Morgan fingerprint density at radius 1 is 1.17 bits per heavy atom. The Hall–Kier alpha value is -1.88. The minimum atomic E-state index is -0.432. The minimum Gasteiger partial charge on any atom is -0.489 e. The number of hydrogen-bond donors (Lipinski definition) is 0. The highest BCUT2D eigenvalue weighted by molar-refractivity contribution is 9.10. The third-order valence-corrected chi connectivity index (χ3v) is 2.84. The summed E-state index contributed by atoms with van der Waals surface area (Å²) < 4.78 is 6.53. The van der Waals surface area contributed by atoms with Crippen molar-refractivity contribution in [3.8, 4) is 5.75 Å². The molecule has 0 saturated heterocycles. The molecule has 2 rings (SSSR count). The molecule has 0 heterocycles. The first-order chi connectivity index (χ1) is 8.65. The monoisotopic (exact) mass is 307 g/mol. The first-order valence-corrected chi connectivity index (χ1v) is 6.06. The zero-order valence-electron chi connectivity index (χ0n) is 9.38. The van der Waals surface area contributed by atoms with Crippen LogP contribution in [0.4, 0.5) is 5.69 Å². The van der Waals surface area contributed by atoms with Gasteiger partial charge in [0, 0.05) is 16.6 Å². The van der Waals surface area contributed by atoms with Gasteiger partial charge in [0.25, 0.3) is 5.69 Å². The molecule has 92 valence electrons. The van der Waals surface area contributed by atoms with Crippen molar-refractivity contribution in [3.63, 3.8) is 0 Å². The summed E-state index contributed by atoms with van der Waals surface area (Å²) >= 11 is 3.38. The van der Waals surface area contributed by atoms with E-state index in [1.807, 2.05) is 24.3 Å². The van der Waals surface area contributed by atoms with Crippen LogP contribution in [0.2, 0.25) is 0 Å². The van der Waals surface area contributed by atoms with Gasteiger partial charge in [-0.1, -0.05) is 28.1 Å². The Morgan fingerprint density at radius 2 is 1.89 bits per heavy atom. The molecule has 0 aliphatic heterocycles. The molecule has 0 atom stereocenters. The molecule has 2 aromatic rings. The Balaban J connectivity index is 2.00.